The van der Waals surface area contributed by atoms with Crippen LogP contribution in [0.4, 0.5) is 5.82 Å². The Balaban J connectivity index is 1.45. The summed E-state index contributed by atoms with van der Waals surface area (Å²) in [5, 5.41) is 14.4. The summed E-state index contributed by atoms with van der Waals surface area (Å²) in [5.41, 5.74) is 6.06. The fourth-order valence-corrected chi connectivity index (χ4v) is 4.20. The molecule has 8 heteroatoms. The van der Waals surface area contributed by atoms with Gasteiger partial charge in [-0.15, -0.1) is 10.2 Å². The predicted molar refractivity (Wildman–Crippen MR) is 125 cm³/mol. The maximum absolute atomic E-state index is 12.9. The number of carbonyl (C=O) groups is 1. The number of carbonyl (C=O) groups excluding carboxylic acids is 1. The molecule has 3 heterocycles. The van der Waals surface area contributed by atoms with Gasteiger partial charge >= 0.3 is 0 Å². The van der Waals surface area contributed by atoms with E-state index in [4.69, 9.17) is 4.98 Å². The van der Waals surface area contributed by atoms with Gasteiger partial charge in [-0.05, 0) is 35.2 Å². The molecule has 0 bridgehead atoms. The average molecular weight is 440 g/mol. The van der Waals surface area contributed by atoms with Crippen molar-refractivity contribution in [1.82, 2.24) is 30.6 Å². The number of H-pyrrole nitrogens is 1. The molecule has 1 aliphatic rings. The molecule has 0 radical (unpaired) electrons. The molecule has 33 heavy (non-hydrogen) atoms. The Hall–Kier alpha value is -3.94. The van der Waals surface area contributed by atoms with Gasteiger partial charge in [0.25, 0.3) is 0 Å². The largest absolute Gasteiger partial charge is 0.292 e. The van der Waals surface area contributed by atoms with Crippen LogP contribution < -0.4 is 4.90 Å². The van der Waals surface area contributed by atoms with Gasteiger partial charge in [-0.3, -0.25) is 9.69 Å². The van der Waals surface area contributed by atoms with E-state index < -0.39 is 0 Å². The molecule has 1 aliphatic heterocycles. The van der Waals surface area contributed by atoms with E-state index in [1.807, 2.05) is 36.1 Å². The van der Waals surface area contributed by atoms with Crippen molar-refractivity contribution in [2.24, 2.45) is 0 Å². The molecule has 0 unspecified atom stereocenters. The van der Waals surface area contributed by atoms with Crippen LogP contribution in [0, 0.1) is 6.92 Å². The molecular formula is C25H25N7O. The van der Waals surface area contributed by atoms with Crippen LogP contribution in [-0.4, -0.2) is 36.5 Å². The number of nitrogens with one attached hydrogen (secondary N) is 1. The third kappa shape index (κ3) is 4.00. The lowest BCUT2D eigenvalue weighted by Gasteiger charge is -2.30. The number of benzene rings is 2. The van der Waals surface area contributed by atoms with Crippen molar-refractivity contribution < 1.29 is 4.79 Å². The first-order valence-electron chi connectivity index (χ1n) is 11.1. The van der Waals surface area contributed by atoms with Crippen molar-refractivity contribution in [3.05, 3.63) is 71.2 Å². The van der Waals surface area contributed by atoms with Crippen LogP contribution in [0.5, 0.6) is 0 Å². The van der Waals surface area contributed by atoms with Gasteiger partial charge in [-0.25, -0.2) is 9.97 Å². The smallest absolute Gasteiger partial charge is 0.228 e. The van der Waals surface area contributed by atoms with Crippen LogP contribution in [0.1, 0.15) is 48.8 Å². The maximum Gasteiger partial charge on any atom is 0.228 e. The monoisotopic (exact) mass is 439 g/mol. The molecule has 1 N–H and O–H groups in total. The molecule has 5 rings (SSSR count). The van der Waals surface area contributed by atoms with E-state index >= 15 is 0 Å². The number of hydrogen-bond acceptors (Lipinski definition) is 6. The minimum atomic E-state index is 0.0989. The van der Waals surface area contributed by atoms with Crippen LogP contribution in [0.25, 0.3) is 22.5 Å². The van der Waals surface area contributed by atoms with Crippen molar-refractivity contribution in [2.45, 2.75) is 46.1 Å². The first kappa shape index (κ1) is 20.9. The Morgan fingerprint density at radius 2 is 1.76 bits per heavy atom. The first-order chi connectivity index (χ1) is 16.0. The van der Waals surface area contributed by atoms with Gasteiger partial charge in [-0.2, -0.15) is 5.21 Å². The number of aromatic nitrogens is 6. The van der Waals surface area contributed by atoms with E-state index in [1.54, 1.807) is 0 Å². The van der Waals surface area contributed by atoms with Crippen LogP contribution >= 0.6 is 0 Å². The highest BCUT2D eigenvalue weighted by Gasteiger charge is 2.28. The van der Waals surface area contributed by atoms with Crippen molar-refractivity contribution in [3.8, 4) is 22.5 Å². The van der Waals surface area contributed by atoms with E-state index in [1.165, 1.54) is 0 Å². The maximum atomic E-state index is 12.9. The number of rotatable bonds is 5. The zero-order chi connectivity index (χ0) is 22.9. The van der Waals surface area contributed by atoms with Gasteiger partial charge in [0.05, 0.1) is 6.54 Å². The molecule has 0 saturated heterocycles. The minimum absolute atomic E-state index is 0.0989. The summed E-state index contributed by atoms with van der Waals surface area (Å²) in [6, 6.07) is 16.2. The van der Waals surface area contributed by atoms with Gasteiger partial charge in [0.2, 0.25) is 11.7 Å². The Kier molecular flexibility index (Phi) is 5.42. The van der Waals surface area contributed by atoms with E-state index in [-0.39, 0.29) is 11.8 Å². The number of amides is 1. The Bertz CT molecular complexity index is 1300. The number of aromatic amines is 1. The number of fused-ring (bicyclic) bond motifs is 1. The molecule has 2 aromatic carbocycles. The summed E-state index contributed by atoms with van der Waals surface area (Å²) in [6.07, 6.45) is 1.18. The third-order valence-electron chi connectivity index (χ3n) is 5.99. The van der Waals surface area contributed by atoms with E-state index in [0.717, 1.165) is 45.2 Å². The summed E-state index contributed by atoms with van der Waals surface area (Å²) < 4.78 is 0. The molecule has 4 aromatic rings. The summed E-state index contributed by atoms with van der Waals surface area (Å²) >= 11 is 0. The van der Waals surface area contributed by atoms with Gasteiger partial charge in [-0.1, -0.05) is 62.4 Å². The molecular weight excluding hydrogens is 414 g/mol. The molecule has 0 saturated carbocycles. The minimum Gasteiger partial charge on any atom is -0.292 e. The fourth-order valence-electron chi connectivity index (χ4n) is 4.20. The summed E-state index contributed by atoms with van der Waals surface area (Å²) in [5.74, 6) is 2.39. The Morgan fingerprint density at radius 3 is 2.45 bits per heavy atom. The zero-order valence-corrected chi connectivity index (χ0v) is 18.9. The standard InChI is InChI=1S/C25H25N7O/c1-15(2)23-26-16(3)19-12-13-22(33)32(25(19)27-23)14-17-8-10-18(11-9-17)20-6-4-5-7-21(20)24-28-30-31-29-24/h4-11,15H,12-14H2,1-3H3,(H,28,29,30,31). The molecule has 0 atom stereocenters. The van der Waals surface area contributed by atoms with Crippen LogP contribution in [0.15, 0.2) is 48.5 Å². The number of anilines is 1. The number of aryl methyl sites for hydroxylation is 1. The lowest BCUT2D eigenvalue weighted by molar-refractivity contribution is -0.119. The normalized spacial score (nSPS) is 13.5. The van der Waals surface area contributed by atoms with E-state index in [0.29, 0.717) is 25.2 Å². The lowest BCUT2D eigenvalue weighted by atomic mass is 9.97. The molecule has 2 aromatic heterocycles. The molecule has 1 amide bonds. The van der Waals surface area contributed by atoms with Crippen LogP contribution in [-0.2, 0) is 17.8 Å². The average Bonchev–Trinajstić information content (AvgIpc) is 3.36. The summed E-state index contributed by atoms with van der Waals surface area (Å²) in [7, 11) is 0. The van der Waals surface area contributed by atoms with Gasteiger partial charge < -0.3 is 0 Å². The van der Waals surface area contributed by atoms with Crippen molar-refractivity contribution in [3.63, 3.8) is 0 Å². The fraction of sp³-hybridized carbons (Fsp3) is 0.280. The highest BCUT2D eigenvalue weighted by molar-refractivity contribution is 5.95. The van der Waals surface area contributed by atoms with Crippen molar-refractivity contribution in [2.75, 3.05) is 4.90 Å². The number of hydrogen-bond donors (Lipinski definition) is 1. The highest BCUT2D eigenvalue weighted by atomic mass is 16.2. The molecule has 166 valence electrons. The Morgan fingerprint density at radius 1 is 1.00 bits per heavy atom. The quantitative estimate of drug-likeness (QED) is 0.499. The SMILES string of the molecule is Cc1nc(C(C)C)nc2c1CCC(=O)N2Cc1ccc(-c2ccccc2-c2nn[nH]n2)cc1. The van der Waals surface area contributed by atoms with Gasteiger partial charge in [0.15, 0.2) is 0 Å². The summed E-state index contributed by atoms with van der Waals surface area (Å²) in [4.78, 5) is 24.1. The molecule has 8 nitrogen and oxygen atoms in total. The first-order valence-corrected chi connectivity index (χ1v) is 11.1. The number of tetrazole rings is 1. The zero-order valence-electron chi connectivity index (χ0n) is 18.9. The van der Waals surface area contributed by atoms with Gasteiger partial charge in [0.1, 0.15) is 11.6 Å². The lowest BCUT2D eigenvalue weighted by Crippen LogP contribution is -2.36. The van der Waals surface area contributed by atoms with Crippen molar-refractivity contribution in [1.29, 1.82) is 0 Å². The van der Waals surface area contributed by atoms with E-state index in [9.17, 15) is 4.79 Å². The van der Waals surface area contributed by atoms with Gasteiger partial charge in [0, 0.05) is 29.2 Å². The predicted octanol–water partition coefficient (Wildman–Crippen LogP) is 4.23. The van der Waals surface area contributed by atoms with Crippen molar-refractivity contribution >= 4 is 11.7 Å². The molecule has 0 fully saturated rings. The topological polar surface area (TPSA) is 101 Å². The second-order valence-electron chi connectivity index (χ2n) is 8.58. The highest BCUT2D eigenvalue weighted by Crippen LogP contribution is 2.32. The second kappa shape index (κ2) is 8.54. The third-order valence-corrected chi connectivity index (χ3v) is 5.99. The van der Waals surface area contributed by atoms with Crippen LogP contribution in [0.2, 0.25) is 0 Å². The molecule has 0 aliphatic carbocycles. The summed E-state index contributed by atoms with van der Waals surface area (Å²) in [6.45, 7) is 6.63. The Labute approximate surface area is 192 Å². The molecule has 0 spiro atoms. The number of nitrogens with zero attached hydrogens (tertiary/aromatic N) is 6. The second-order valence-corrected chi connectivity index (χ2v) is 8.58. The van der Waals surface area contributed by atoms with E-state index in [2.05, 4.69) is 63.7 Å². The van der Waals surface area contributed by atoms with Crippen LogP contribution in [0.3, 0.4) is 0 Å².